The number of amides is 3. The average Bonchev–Trinajstić information content (AvgIpc) is 2.95. The van der Waals surface area contributed by atoms with Crippen LogP contribution in [0.4, 0.5) is 4.79 Å². The molecule has 1 aliphatic rings. The minimum absolute atomic E-state index is 0.242. The Morgan fingerprint density at radius 1 is 1.37 bits per heavy atom. The number of carbonyl (C=O) groups excluding carboxylic acids is 2. The Kier molecular flexibility index (Phi) is 2.55. The lowest BCUT2D eigenvalue weighted by Crippen LogP contribution is -2.38. The molecule has 0 aromatic carbocycles. The molecule has 0 saturated carbocycles. The first-order chi connectivity index (χ1) is 9.16. The molecular formula is C11H11N5O3. The highest BCUT2D eigenvalue weighted by molar-refractivity contribution is 5.95. The summed E-state index contributed by atoms with van der Waals surface area (Å²) in [6.07, 6.45) is 1.58. The fourth-order valence-corrected chi connectivity index (χ4v) is 1.99. The van der Waals surface area contributed by atoms with Gasteiger partial charge in [0, 0.05) is 19.3 Å². The number of imide groups is 1. The van der Waals surface area contributed by atoms with Crippen molar-refractivity contribution in [3.8, 4) is 0 Å². The lowest BCUT2D eigenvalue weighted by molar-refractivity contribution is -0.128. The van der Waals surface area contributed by atoms with Gasteiger partial charge in [-0.25, -0.2) is 14.3 Å². The van der Waals surface area contributed by atoms with Crippen LogP contribution >= 0.6 is 0 Å². The number of hydrogen-bond acceptors (Lipinski definition) is 4. The van der Waals surface area contributed by atoms with Gasteiger partial charge in [-0.1, -0.05) is 6.07 Å². The molecule has 0 aliphatic carbocycles. The molecule has 2 aromatic rings. The molecule has 98 valence electrons. The maximum Gasteiger partial charge on any atom is 0.350 e. The molecule has 8 nitrogen and oxygen atoms in total. The van der Waals surface area contributed by atoms with Gasteiger partial charge < -0.3 is 5.32 Å². The Bertz CT molecular complexity index is 716. The van der Waals surface area contributed by atoms with E-state index in [0.717, 1.165) is 9.58 Å². The van der Waals surface area contributed by atoms with Crippen molar-refractivity contribution in [2.24, 2.45) is 0 Å². The van der Waals surface area contributed by atoms with Gasteiger partial charge in [-0.2, -0.15) is 0 Å². The predicted octanol–water partition coefficient (Wildman–Crippen LogP) is -0.952. The normalized spacial score (nSPS) is 14.9. The third-order valence-electron chi connectivity index (χ3n) is 2.93. The van der Waals surface area contributed by atoms with E-state index in [1.807, 2.05) is 0 Å². The van der Waals surface area contributed by atoms with Gasteiger partial charge in [0.05, 0.1) is 0 Å². The summed E-state index contributed by atoms with van der Waals surface area (Å²) in [4.78, 5) is 36.3. The molecule has 1 saturated heterocycles. The van der Waals surface area contributed by atoms with Gasteiger partial charge in [0.2, 0.25) is 0 Å². The van der Waals surface area contributed by atoms with Crippen LogP contribution in [0.3, 0.4) is 0 Å². The Morgan fingerprint density at radius 2 is 2.21 bits per heavy atom. The van der Waals surface area contributed by atoms with E-state index in [0.29, 0.717) is 18.7 Å². The lowest BCUT2D eigenvalue weighted by atomic mass is 10.5. The molecule has 1 aliphatic heterocycles. The molecule has 2 aromatic heterocycles. The summed E-state index contributed by atoms with van der Waals surface area (Å²) in [5.74, 6) is -0.444. The Morgan fingerprint density at radius 3 is 2.89 bits per heavy atom. The zero-order valence-corrected chi connectivity index (χ0v) is 9.94. The van der Waals surface area contributed by atoms with Crippen LogP contribution in [-0.4, -0.2) is 44.1 Å². The van der Waals surface area contributed by atoms with Crippen LogP contribution < -0.4 is 11.0 Å². The van der Waals surface area contributed by atoms with Crippen molar-refractivity contribution in [1.82, 2.24) is 24.4 Å². The van der Waals surface area contributed by atoms with Gasteiger partial charge in [-0.15, -0.1) is 5.10 Å². The predicted molar refractivity (Wildman–Crippen MR) is 64.6 cm³/mol. The lowest BCUT2D eigenvalue weighted by Gasteiger charge is -2.10. The van der Waals surface area contributed by atoms with E-state index >= 15 is 0 Å². The van der Waals surface area contributed by atoms with Crippen LogP contribution in [0.5, 0.6) is 0 Å². The molecule has 0 spiro atoms. The first kappa shape index (κ1) is 11.5. The summed E-state index contributed by atoms with van der Waals surface area (Å²) in [5, 5.41) is 6.57. The van der Waals surface area contributed by atoms with E-state index < -0.39 is 17.6 Å². The van der Waals surface area contributed by atoms with Crippen LogP contribution in [0.1, 0.15) is 0 Å². The van der Waals surface area contributed by atoms with Crippen molar-refractivity contribution in [2.75, 3.05) is 13.1 Å². The third kappa shape index (κ3) is 1.86. The molecule has 0 unspecified atom stereocenters. The summed E-state index contributed by atoms with van der Waals surface area (Å²) < 4.78 is 2.40. The van der Waals surface area contributed by atoms with Gasteiger partial charge in [0.1, 0.15) is 6.54 Å². The third-order valence-corrected chi connectivity index (χ3v) is 2.93. The molecule has 0 atom stereocenters. The number of carbonyl (C=O) groups is 2. The van der Waals surface area contributed by atoms with Crippen LogP contribution in [0.2, 0.25) is 0 Å². The largest absolute Gasteiger partial charge is 0.350 e. The van der Waals surface area contributed by atoms with Gasteiger partial charge in [-0.3, -0.25) is 14.1 Å². The summed E-state index contributed by atoms with van der Waals surface area (Å²) in [6, 6.07) is 4.70. The van der Waals surface area contributed by atoms with E-state index in [-0.39, 0.29) is 6.54 Å². The number of aromatic nitrogens is 3. The molecular weight excluding hydrogens is 250 g/mol. The smallest absolute Gasteiger partial charge is 0.336 e. The van der Waals surface area contributed by atoms with Crippen LogP contribution in [0.15, 0.2) is 29.2 Å². The molecule has 0 radical (unpaired) electrons. The van der Waals surface area contributed by atoms with E-state index in [2.05, 4.69) is 10.4 Å². The molecule has 1 N–H and O–H groups in total. The number of hydrogen-bond donors (Lipinski definition) is 1. The van der Waals surface area contributed by atoms with E-state index in [9.17, 15) is 14.4 Å². The molecule has 8 heteroatoms. The Hall–Kier alpha value is -2.64. The van der Waals surface area contributed by atoms with E-state index in [1.54, 1.807) is 24.4 Å². The monoisotopic (exact) mass is 261 g/mol. The molecule has 3 heterocycles. The Balaban J connectivity index is 1.89. The minimum Gasteiger partial charge on any atom is -0.336 e. The van der Waals surface area contributed by atoms with Crippen molar-refractivity contribution in [2.45, 2.75) is 6.54 Å². The number of fused-ring (bicyclic) bond motifs is 1. The summed E-state index contributed by atoms with van der Waals surface area (Å²) in [6.45, 7) is 0.512. The van der Waals surface area contributed by atoms with Crippen molar-refractivity contribution in [1.29, 1.82) is 0 Å². The number of urea groups is 1. The minimum atomic E-state index is -0.444. The fourth-order valence-electron chi connectivity index (χ4n) is 1.99. The zero-order chi connectivity index (χ0) is 13.4. The van der Waals surface area contributed by atoms with Gasteiger partial charge in [0.25, 0.3) is 5.91 Å². The zero-order valence-electron chi connectivity index (χ0n) is 9.94. The number of rotatable bonds is 2. The average molecular weight is 261 g/mol. The summed E-state index contributed by atoms with van der Waals surface area (Å²) >= 11 is 0. The quantitative estimate of drug-likeness (QED) is 0.754. The molecule has 0 bridgehead atoms. The molecule has 3 rings (SSSR count). The second-order valence-electron chi connectivity index (χ2n) is 4.15. The number of nitrogens with one attached hydrogen (secondary N) is 1. The standard InChI is InChI=1S/C11H11N5O3/c17-9(15-6-4-12-10(15)18)7-16-11(19)14-5-2-1-3-8(14)13-16/h1-3,5H,4,6-7H2,(H,12,18). The molecule has 3 amide bonds. The van der Waals surface area contributed by atoms with Gasteiger partial charge >= 0.3 is 11.7 Å². The Labute approximate surface area is 107 Å². The SMILES string of the molecule is O=C(Cn1nc2ccccn2c1=O)N1CCNC1=O. The molecule has 1 fully saturated rings. The highest BCUT2D eigenvalue weighted by Crippen LogP contribution is 2.00. The van der Waals surface area contributed by atoms with Gasteiger partial charge in [0.15, 0.2) is 5.65 Å². The maximum atomic E-state index is 12.0. The summed E-state index contributed by atoms with van der Waals surface area (Å²) in [7, 11) is 0. The maximum absolute atomic E-state index is 12.0. The fraction of sp³-hybridized carbons (Fsp3) is 0.273. The van der Waals surface area contributed by atoms with Crippen molar-refractivity contribution in [3.05, 3.63) is 34.9 Å². The van der Waals surface area contributed by atoms with Crippen LogP contribution in [-0.2, 0) is 11.3 Å². The highest BCUT2D eigenvalue weighted by atomic mass is 16.2. The van der Waals surface area contributed by atoms with E-state index in [1.165, 1.54) is 4.40 Å². The molecule has 19 heavy (non-hydrogen) atoms. The highest BCUT2D eigenvalue weighted by Gasteiger charge is 2.26. The first-order valence-corrected chi connectivity index (χ1v) is 5.79. The first-order valence-electron chi connectivity index (χ1n) is 5.79. The van der Waals surface area contributed by atoms with Crippen molar-refractivity contribution < 1.29 is 9.59 Å². The van der Waals surface area contributed by atoms with Crippen LogP contribution in [0, 0.1) is 0 Å². The van der Waals surface area contributed by atoms with Crippen LogP contribution in [0.25, 0.3) is 5.65 Å². The number of pyridine rings is 1. The van der Waals surface area contributed by atoms with Gasteiger partial charge in [-0.05, 0) is 12.1 Å². The van der Waals surface area contributed by atoms with Crippen molar-refractivity contribution >= 4 is 17.6 Å². The summed E-state index contributed by atoms with van der Waals surface area (Å²) in [5.41, 5.74) is 0.0646. The second kappa shape index (κ2) is 4.23. The number of nitrogens with zero attached hydrogens (tertiary/aromatic N) is 4. The van der Waals surface area contributed by atoms with E-state index in [4.69, 9.17) is 0 Å². The van der Waals surface area contributed by atoms with Crippen molar-refractivity contribution in [3.63, 3.8) is 0 Å². The second-order valence-corrected chi connectivity index (χ2v) is 4.15. The topological polar surface area (TPSA) is 88.7 Å².